The molecule has 1 saturated heterocycles. The number of carbonyl (C=O) groups excluding carboxylic acids is 3. The second-order valence-electron chi connectivity index (χ2n) is 8.40. The molecular weight excluding hydrogens is 370 g/mol. The molecule has 1 unspecified atom stereocenters. The van der Waals surface area contributed by atoms with Crippen LogP contribution >= 0.6 is 0 Å². The van der Waals surface area contributed by atoms with Gasteiger partial charge in [-0.2, -0.15) is 0 Å². The van der Waals surface area contributed by atoms with Crippen LogP contribution in [0.1, 0.15) is 70.8 Å². The third kappa shape index (κ3) is 8.54. The number of piperidine rings is 1. The Morgan fingerprint density at radius 1 is 1.07 bits per heavy atom. The number of anilines is 1. The van der Waals surface area contributed by atoms with Gasteiger partial charge in [0, 0.05) is 25.2 Å². The molecule has 1 aromatic carbocycles. The Labute approximate surface area is 173 Å². The van der Waals surface area contributed by atoms with Gasteiger partial charge in [0.05, 0.1) is 5.92 Å². The Hall–Kier alpha value is -2.57. The first kappa shape index (κ1) is 22.7. The van der Waals surface area contributed by atoms with E-state index in [4.69, 9.17) is 4.74 Å². The molecule has 2 rings (SSSR count). The van der Waals surface area contributed by atoms with Crippen LogP contribution < -0.4 is 16.0 Å². The van der Waals surface area contributed by atoms with Gasteiger partial charge < -0.3 is 15.4 Å². The molecule has 1 aliphatic heterocycles. The third-order valence-electron chi connectivity index (χ3n) is 4.65. The quantitative estimate of drug-likeness (QED) is 0.431. The summed E-state index contributed by atoms with van der Waals surface area (Å²) >= 11 is 0. The second-order valence-corrected chi connectivity index (χ2v) is 8.40. The van der Waals surface area contributed by atoms with E-state index >= 15 is 0 Å². The van der Waals surface area contributed by atoms with E-state index in [2.05, 4.69) is 16.0 Å². The zero-order valence-corrected chi connectivity index (χ0v) is 17.7. The fourth-order valence-corrected chi connectivity index (χ4v) is 3.19. The summed E-state index contributed by atoms with van der Waals surface area (Å²) in [7, 11) is 0. The van der Waals surface area contributed by atoms with E-state index < -0.39 is 5.60 Å². The molecular formula is C22H33N3O4. The van der Waals surface area contributed by atoms with Crippen LogP contribution in [0.4, 0.5) is 10.5 Å². The first-order valence-corrected chi connectivity index (χ1v) is 10.4. The molecule has 0 radical (unpaired) electrons. The Morgan fingerprint density at radius 2 is 1.72 bits per heavy atom. The molecule has 1 atom stereocenters. The predicted molar refractivity (Wildman–Crippen MR) is 113 cm³/mol. The Balaban J connectivity index is 1.56. The SMILES string of the molecule is CC(C)(C)OC(=O)NCCCCCCNc1ccc(C2CCC(=O)NC2=O)cc1. The summed E-state index contributed by atoms with van der Waals surface area (Å²) in [6.45, 7) is 7.05. The lowest BCUT2D eigenvalue weighted by Crippen LogP contribution is -2.39. The third-order valence-corrected chi connectivity index (χ3v) is 4.65. The molecule has 1 aromatic rings. The largest absolute Gasteiger partial charge is 0.444 e. The molecule has 3 N–H and O–H groups in total. The highest BCUT2D eigenvalue weighted by Gasteiger charge is 2.27. The molecule has 0 spiro atoms. The number of hydrogen-bond donors (Lipinski definition) is 3. The van der Waals surface area contributed by atoms with Gasteiger partial charge in [-0.25, -0.2) is 4.79 Å². The average Bonchev–Trinajstić information content (AvgIpc) is 2.63. The van der Waals surface area contributed by atoms with E-state index in [1.54, 1.807) is 0 Å². The van der Waals surface area contributed by atoms with E-state index in [9.17, 15) is 14.4 Å². The highest BCUT2D eigenvalue weighted by atomic mass is 16.6. The van der Waals surface area contributed by atoms with Gasteiger partial charge in [-0.3, -0.25) is 14.9 Å². The number of amides is 3. The number of hydrogen-bond acceptors (Lipinski definition) is 5. The van der Waals surface area contributed by atoms with Crippen molar-refractivity contribution in [1.29, 1.82) is 0 Å². The zero-order valence-electron chi connectivity index (χ0n) is 17.7. The smallest absolute Gasteiger partial charge is 0.407 e. The van der Waals surface area contributed by atoms with E-state index in [1.165, 1.54) is 0 Å². The molecule has 7 heteroatoms. The van der Waals surface area contributed by atoms with Gasteiger partial charge in [-0.15, -0.1) is 0 Å². The molecule has 1 fully saturated rings. The molecule has 0 aliphatic carbocycles. The first-order chi connectivity index (χ1) is 13.7. The lowest BCUT2D eigenvalue weighted by molar-refractivity contribution is -0.134. The molecule has 160 valence electrons. The van der Waals surface area contributed by atoms with E-state index in [1.807, 2.05) is 45.0 Å². The van der Waals surface area contributed by atoms with Crippen LogP contribution in [0.2, 0.25) is 0 Å². The van der Waals surface area contributed by atoms with Gasteiger partial charge in [0.1, 0.15) is 5.60 Å². The standard InChI is InChI=1S/C22H33N3O4/c1-22(2,3)29-21(28)24-15-7-5-4-6-14-23-17-10-8-16(9-11-17)18-12-13-19(26)25-20(18)27/h8-11,18,23H,4-7,12-15H2,1-3H3,(H,24,28)(H,25,26,27). The monoisotopic (exact) mass is 403 g/mol. The summed E-state index contributed by atoms with van der Waals surface area (Å²) < 4.78 is 5.19. The minimum absolute atomic E-state index is 0.190. The maximum atomic E-state index is 11.9. The number of imide groups is 1. The number of alkyl carbamates (subject to hydrolysis) is 1. The number of carbonyl (C=O) groups is 3. The summed E-state index contributed by atoms with van der Waals surface area (Å²) in [5.41, 5.74) is 1.50. The normalized spacial score (nSPS) is 16.9. The topological polar surface area (TPSA) is 96.5 Å². The molecule has 3 amide bonds. The van der Waals surface area contributed by atoms with Crippen molar-refractivity contribution in [2.24, 2.45) is 0 Å². The van der Waals surface area contributed by atoms with Crippen LogP contribution in [0.15, 0.2) is 24.3 Å². The van der Waals surface area contributed by atoms with Gasteiger partial charge in [0.15, 0.2) is 0 Å². The number of benzene rings is 1. The highest BCUT2D eigenvalue weighted by molar-refractivity contribution is 6.00. The minimum Gasteiger partial charge on any atom is -0.444 e. The van der Waals surface area contributed by atoms with Crippen molar-refractivity contribution in [2.45, 2.75) is 70.8 Å². The van der Waals surface area contributed by atoms with Crippen molar-refractivity contribution in [2.75, 3.05) is 18.4 Å². The summed E-state index contributed by atoms with van der Waals surface area (Å²) in [5.74, 6) is -0.635. The van der Waals surface area contributed by atoms with Gasteiger partial charge in [-0.05, 0) is 57.7 Å². The summed E-state index contributed by atoms with van der Waals surface area (Å²) in [4.78, 5) is 34.7. The maximum Gasteiger partial charge on any atom is 0.407 e. The molecule has 0 saturated carbocycles. The fraction of sp³-hybridized carbons (Fsp3) is 0.591. The van der Waals surface area contributed by atoms with Crippen molar-refractivity contribution in [3.8, 4) is 0 Å². The molecule has 7 nitrogen and oxygen atoms in total. The summed E-state index contributed by atoms with van der Waals surface area (Å²) in [6, 6.07) is 7.85. The summed E-state index contributed by atoms with van der Waals surface area (Å²) in [5, 5.41) is 8.55. The highest BCUT2D eigenvalue weighted by Crippen LogP contribution is 2.25. The molecule has 0 aromatic heterocycles. The van der Waals surface area contributed by atoms with Crippen molar-refractivity contribution in [1.82, 2.24) is 10.6 Å². The van der Waals surface area contributed by atoms with Gasteiger partial charge in [-0.1, -0.05) is 25.0 Å². The number of unbranched alkanes of at least 4 members (excludes halogenated alkanes) is 3. The van der Waals surface area contributed by atoms with Crippen LogP contribution in [-0.2, 0) is 14.3 Å². The molecule has 29 heavy (non-hydrogen) atoms. The second kappa shape index (κ2) is 10.8. The van der Waals surface area contributed by atoms with Crippen molar-refractivity contribution >= 4 is 23.6 Å². The maximum absolute atomic E-state index is 11.9. The Morgan fingerprint density at radius 3 is 2.34 bits per heavy atom. The van der Waals surface area contributed by atoms with E-state index in [0.717, 1.165) is 43.5 Å². The number of ether oxygens (including phenoxy) is 1. The fourth-order valence-electron chi connectivity index (χ4n) is 3.19. The number of rotatable bonds is 9. The van der Waals surface area contributed by atoms with Crippen molar-refractivity contribution in [3.63, 3.8) is 0 Å². The zero-order chi connectivity index (χ0) is 21.3. The van der Waals surface area contributed by atoms with Crippen LogP contribution in [0.5, 0.6) is 0 Å². The van der Waals surface area contributed by atoms with Crippen molar-refractivity contribution < 1.29 is 19.1 Å². The molecule has 0 bridgehead atoms. The van der Waals surface area contributed by atoms with Crippen LogP contribution in [0, 0.1) is 0 Å². The van der Waals surface area contributed by atoms with Crippen LogP contribution in [-0.4, -0.2) is 36.6 Å². The van der Waals surface area contributed by atoms with E-state index in [0.29, 0.717) is 19.4 Å². The first-order valence-electron chi connectivity index (χ1n) is 10.4. The van der Waals surface area contributed by atoms with Crippen LogP contribution in [0.3, 0.4) is 0 Å². The Kier molecular flexibility index (Phi) is 8.49. The van der Waals surface area contributed by atoms with E-state index in [-0.39, 0.29) is 23.8 Å². The lowest BCUT2D eigenvalue weighted by Gasteiger charge is -2.21. The predicted octanol–water partition coefficient (Wildman–Crippen LogP) is 3.70. The van der Waals surface area contributed by atoms with Gasteiger partial charge >= 0.3 is 6.09 Å². The number of nitrogens with one attached hydrogen (secondary N) is 3. The van der Waals surface area contributed by atoms with Gasteiger partial charge in [0.2, 0.25) is 11.8 Å². The minimum atomic E-state index is -0.462. The Bertz CT molecular complexity index is 695. The molecule has 1 heterocycles. The lowest BCUT2D eigenvalue weighted by atomic mass is 9.90. The van der Waals surface area contributed by atoms with Crippen molar-refractivity contribution in [3.05, 3.63) is 29.8 Å². The van der Waals surface area contributed by atoms with Crippen LogP contribution in [0.25, 0.3) is 0 Å². The average molecular weight is 404 g/mol. The van der Waals surface area contributed by atoms with Gasteiger partial charge in [0.25, 0.3) is 0 Å². The summed E-state index contributed by atoms with van der Waals surface area (Å²) in [6.07, 6.45) is 4.70. The molecule has 1 aliphatic rings.